The van der Waals surface area contributed by atoms with Crippen molar-refractivity contribution < 1.29 is 0 Å². The van der Waals surface area contributed by atoms with Crippen LogP contribution in [0, 0.1) is 10.8 Å². The fourth-order valence-electron chi connectivity index (χ4n) is 2.50. The van der Waals surface area contributed by atoms with E-state index in [2.05, 4.69) is 39.8 Å². The van der Waals surface area contributed by atoms with Crippen LogP contribution in [0.25, 0.3) is 0 Å². The van der Waals surface area contributed by atoms with Gasteiger partial charge in [0.05, 0.1) is 0 Å². The summed E-state index contributed by atoms with van der Waals surface area (Å²) in [7, 11) is 0. The van der Waals surface area contributed by atoms with E-state index >= 15 is 0 Å². The molecule has 0 amide bonds. The molecule has 0 saturated heterocycles. The third-order valence-corrected chi connectivity index (χ3v) is 4.11. The van der Waals surface area contributed by atoms with Gasteiger partial charge in [-0.15, -0.1) is 0 Å². The summed E-state index contributed by atoms with van der Waals surface area (Å²) in [4.78, 5) is 0. The van der Waals surface area contributed by atoms with Crippen molar-refractivity contribution >= 4 is 0 Å². The highest BCUT2D eigenvalue weighted by Gasteiger charge is 2.23. The number of rotatable bonds is 0. The Morgan fingerprint density at radius 2 is 1.19 bits per heavy atom. The van der Waals surface area contributed by atoms with Gasteiger partial charge in [-0.1, -0.05) is 46.3 Å². The number of allylic oxidation sites excluding steroid dienone is 2. The van der Waals surface area contributed by atoms with E-state index in [1.165, 1.54) is 51.4 Å². The minimum absolute atomic E-state index is 0.529. The number of hydrogen-bond donors (Lipinski definition) is 0. The molecule has 0 aromatic carbocycles. The van der Waals surface area contributed by atoms with E-state index in [4.69, 9.17) is 0 Å². The molecule has 0 unspecified atom stereocenters. The van der Waals surface area contributed by atoms with Crippen LogP contribution < -0.4 is 0 Å². The maximum absolute atomic E-state index is 2.45. The quantitative estimate of drug-likeness (QED) is 0.459. The van der Waals surface area contributed by atoms with Crippen molar-refractivity contribution in [1.29, 1.82) is 0 Å². The van der Waals surface area contributed by atoms with Gasteiger partial charge in [-0.3, -0.25) is 0 Å². The second kappa shape index (κ2) is 5.89. The Balaban J connectivity index is 2.56. The van der Waals surface area contributed by atoms with Crippen LogP contribution in [0.3, 0.4) is 0 Å². The van der Waals surface area contributed by atoms with Crippen molar-refractivity contribution in [1.82, 2.24) is 0 Å². The molecule has 0 atom stereocenters. The van der Waals surface area contributed by atoms with Crippen LogP contribution in [0.4, 0.5) is 0 Å². The van der Waals surface area contributed by atoms with Gasteiger partial charge in [0.1, 0.15) is 0 Å². The molecule has 0 heterocycles. The smallest absolute Gasteiger partial charge is 0.0346 e. The lowest BCUT2D eigenvalue weighted by atomic mass is 9.74. The fraction of sp³-hybridized carbons (Fsp3) is 0.875. The number of hydrogen-bond acceptors (Lipinski definition) is 0. The van der Waals surface area contributed by atoms with Crippen LogP contribution in [0.2, 0.25) is 0 Å². The molecule has 0 saturated carbocycles. The maximum Gasteiger partial charge on any atom is -0.0346 e. The molecule has 94 valence electrons. The van der Waals surface area contributed by atoms with E-state index in [-0.39, 0.29) is 0 Å². The van der Waals surface area contributed by atoms with Gasteiger partial charge >= 0.3 is 0 Å². The first-order chi connectivity index (χ1) is 7.41. The van der Waals surface area contributed by atoms with Gasteiger partial charge in [-0.25, -0.2) is 0 Å². The average molecular weight is 222 g/mol. The average Bonchev–Trinajstić information content (AvgIpc) is 2.18. The highest BCUT2D eigenvalue weighted by atomic mass is 14.3. The van der Waals surface area contributed by atoms with Crippen molar-refractivity contribution in [3.05, 3.63) is 12.2 Å². The van der Waals surface area contributed by atoms with Crippen molar-refractivity contribution in [3.63, 3.8) is 0 Å². The summed E-state index contributed by atoms with van der Waals surface area (Å²) in [5.74, 6) is 0. The first kappa shape index (κ1) is 13.8. The fourth-order valence-corrected chi connectivity index (χ4v) is 2.50. The molecule has 1 aliphatic rings. The summed E-state index contributed by atoms with van der Waals surface area (Å²) in [6, 6.07) is 0. The molecule has 16 heavy (non-hydrogen) atoms. The summed E-state index contributed by atoms with van der Waals surface area (Å²) in [5.41, 5.74) is 1.08. The molecular weight excluding hydrogens is 192 g/mol. The zero-order valence-electron chi connectivity index (χ0n) is 11.8. The lowest BCUT2D eigenvalue weighted by molar-refractivity contribution is 0.213. The first-order valence-electron chi connectivity index (χ1n) is 7.06. The van der Waals surface area contributed by atoms with Crippen LogP contribution in [-0.4, -0.2) is 0 Å². The van der Waals surface area contributed by atoms with Crippen LogP contribution in [0.5, 0.6) is 0 Å². The molecule has 0 aliphatic heterocycles. The zero-order valence-corrected chi connectivity index (χ0v) is 11.8. The van der Waals surface area contributed by atoms with Crippen molar-refractivity contribution in [3.8, 4) is 0 Å². The van der Waals surface area contributed by atoms with Crippen LogP contribution in [0.15, 0.2) is 12.2 Å². The van der Waals surface area contributed by atoms with Gasteiger partial charge in [0.25, 0.3) is 0 Å². The molecule has 0 aromatic heterocycles. The van der Waals surface area contributed by atoms with E-state index in [0.717, 1.165) is 0 Å². The molecule has 0 spiro atoms. The monoisotopic (exact) mass is 222 g/mol. The van der Waals surface area contributed by atoms with E-state index in [9.17, 15) is 0 Å². The Labute approximate surface area is 103 Å². The Morgan fingerprint density at radius 3 is 1.88 bits per heavy atom. The zero-order chi connectivity index (χ0) is 12.1. The molecule has 0 fully saturated rings. The maximum atomic E-state index is 2.45. The molecule has 0 radical (unpaired) electrons. The largest absolute Gasteiger partial charge is 0.0885 e. The SMILES string of the molecule is CC1(C)CC/C=C/CCCCC(C)(C)CC1. The Hall–Kier alpha value is -0.260. The summed E-state index contributed by atoms with van der Waals surface area (Å²) >= 11 is 0. The summed E-state index contributed by atoms with van der Waals surface area (Å²) in [6.45, 7) is 9.76. The Morgan fingerprint density at radius 1 is 0.625 bits per heavy atom. The molecule has 1 aliphatic carbocycles. The van der Waals surface area contributed by atoms with Crippen LogP contribution in [-0.2, 0) is 0 Å². The van der Waals surface area contributed by atoms with Gasteiger partial charge in [0.15, 0.2) is 0 Å². The molecule has 0 bridgehead atoms. The van der Waals surface area contributed by atoms with E-state index in [0.29, 0.717) is 10.8 Å². The van der Waals surface area contributed by atoms with E-state index < -0.39 is 0 Å². The molecule has 1 rings (SSSR count). The summed E-state index contributed by atoms with van der Waals surface area (Å²) < 4.78 is 0. The van der Waals surface area contributed by atoms with Gasteiger partial charge in [-0.05, 0) is 55.8 Å². The molecule has 0 heteroatoms. The predicted molar refractivity (Wildman–Crippen MR) is 73.6 cm³/mol. The van der Waals surface area contributed by atoms with Gasteiger partial charge in [-0.2, -0.15) is 0 Å². The lowest BCUT2D eigenvalue weighted by Crippen LogP contribution is -2.18. The standard InChI is InChI=1S/C16H30/c1-15(2)11-9-7-5-6-8-10-12-16(3,4)14-13-15/h5,7H,6,8-14H2,1-4H3/b7-5+. The Kier molecular flexibility index (Phi) is 5.08. The van der Waals surface area contributed by atoms with Crippen LogP contribution >= 0.6 is 0 Å². The Bertz CT molecular complexity index is 220. The van der Waals surface area contributed by atoms with Crippen molar-refractivity contribution in [2.45, 2.75) is 79.1 Å². The highest BCUT2D eigenvalue weighted by Crippen LogP contribution is 2.37. The first-order valence-corrected chi connectivity index (χ1v) is 7.06. The molecular formula is C16H30. The normalized spacial score (nSPS) is 28.8. The van der Waals surface area contributed by atoms with Gasteiger partial charge < -0.3 is 0 Å². The summed E-state index contributed by atoms with van der Waals surface area (Å²) in [5, 5.41) is 0. The minimum atomic E-state index is 0.529. The predicted octanol–water partition coefficient (Wildman–Crippen LogP) is 5.73. The van der Waals surface area contributed by atoms with E-state index in [1.807, 2.05) is 0 Å². The molecule has 0 aromatic rings. The lowest BCUT2D eigenvalue weighted by Gasteiger charge is -2.31. The molecule has 0 nitrogen and oxygen atoms in total. The van der Waals surface area contributed by atoms with Crippen molar-refractivity contribution in [2.75, 3.05) is 0 Å². The topological polar surface area (TPSA) is 0 Å². The van der Waals surface area contributed by atoms with Crippen LogP contribution in [0.1, 0.15) is 79.1 Å². The minimum Gasteiger partial charge on any atom is -0.0885 e. The van der Waals surface area contributed by atoms with E-state index in [1.54, 1.807) is 0 Å². The third kappa shape index (κ3) is 5.72. The van der Waals surface area contributed by atoms with Gasteiger partial charge in [0, 0.05) is 0 Å². The highest BCUT2D eigenvalue weighted by molar-refractivity contribution is 4.85. The molecule has 0 N–H and O–H groups in total. The summed E-state index contributed by atoms with van der Waals surface area (Å²) in [6.07, 6.45) is 15.7. The third-order valence-electron chi connectivity index (χ3n) is 4.11. The van der Waals surface area contributed by atoms with Crippen molar-refractivity contribution in [2.24, 2.45) is 10.8 Å². The van der Waals surface area contributed by atoms with Gasteiger partial charge in [0.2, 0.25) is 0 Å². The second-order valence-corrected chi connectivity index (χ2v) is 7.08. The second-order valence-electron chi connectivity index (χ2n) is 7.08.